The normalized spacial score (nSPS) is 27.5. The van der Waals surface area contributed by atoms with E-state index in [1.165, 1.54) is 0 Å². The molecule has 0 spiro atoms. The number of hydrogen-bond donors (Lipinski definition) is 1. The van der Waals surface area contributed by atoms with Gasteiger partial charge in [0.25, 0.3) is 0 Å². The van der Waals surface area contributed by atoms with Crippen molar-refractivity contribution in [3.8, 4) is 0 Å². The first kappa shape index (κ1) is 11.3. The second kappa shape index (κ2) is 3.79. The largest absolute Gasteiger partial charge is 0.367 e. The number of hydrogen-bond acceptors (Lipinski definition) is 3. The van der Waals surface area contributed by atoms with Gasteiger partial charge < -0.3 is 4.74 Å². The van der Waals surface area contributed by atoms with Gasteiger partial charge in [0, 0.05) is 25.4 Å². The molecular formula is C10H21NOS. The molecule has 1 fully saturated rings. The van der Waals surface area contributed by atoms with Crippen molar-refractivity contribution in [2.75, 3.05) is 25.4 Å². The van der Waals surface area contributed by atoms with Crippen molar-refractivity contribution in [1.82, 2.24) is 4.90 Å². The Kier molecular flexibility index (Phi) is 3.31. The van der Waals surface area contributed by atoms with Crippen molar-refractivity contribution in [1.29, 1.82) is 0 Å². The SMILES string of the molecule is CC1(C)CN(CCS)CC(C)(C)O1. The first-order valence-electron chi connectivity index (χ1n) is 4.88. The molecule has 0 unspecified atom stereocenters. The topological polar surface area (TPSA) is 12.5 Å². The first-order valence-corrected chi connectivity index (χ1v) is 5.51. The number of morpholine rings is 1. The van der Waals surface area contributed by atoms with E-state index in [1.807, 2.05) is 0 Å². The third-order valence-electron chi connectivity index (χ3n) is 2.18. The summed E-state index contributed by atoms with van der Waals surface area (Å²) in [4.78, 5) is 2.43. The van der Waals surface area contributed by atoms with Crippen molar-refractivity contribution >= 4 is 12.6 Å². The van der Waals surface area contributed by atoms with Gasteiger partial charge in [0.05, 0.1) is 11.2 Å². The van der Waals surface area contributed by atoms with E-state index in [4.69, 9.17) is 4.74 Å². The molecule has 1 saturated heterocycles. The summed E-state index contributed by atoms with van der Waals surface area (Å²) in [5.41, 5.74) is -0.0462. The molecule has 1 rings (SSSR count). The van der Waals surface area contributed by atoms with E-state index in [-0.39, 0.29) is 11.2 Å². The van der Waals surface area contributed by atoms with E-state index in [0.29, 0.717) is 0 Å². The molecule has 2 nitrogen and oxygen atoms in total. The fourth-order valence-corrected chi connectivity index (χ4v) is 2.53. The number of ether oxygens (including phenoxy) is 1. The van der Waals surface area contributed by atoms with Crippen molar-refractivity contribution < 1.29 is 4.74 Å². The Hall–Kier alpha value is 0.270. The molecule has 0 aromatic carbocycles. The van der Waals surface area contributed by atoms with E-state index >= 15 is 0 Å². The Morgan fingerprint density at radius 1 is 1.15 bits per heavy atom. The highest BCUT2D eigenvalue weighted by atomic mass is 32.1. The van der Waals surface area contributed by atoms with Gasteiger partial charge in [-0.15, -0.1) is 0 Å². The van der Waals surface area contributed by atoms with Crippen LogP contribution in [0.25, 0.3) is 0 Å². The molecule has 0 N–H and O–H groups in total. The molecular weight excluding hydrogens is 182 g/mol. The highest BCUT2D eigenvalue weighted by Crippen LogP contribution is 2.27. The lowest BCUT2D eigenvalue weighted by Gasteiger charge is -2.47. The molecule has 0 amide bonds. The summed E-state index contributed by atoms with van der Waals surface area (Å²) in [6, 6.07) is 0. The minimum absolute atomic E-state index is 0.0231. The second-order valence-electron chi connectivity index (χ2n) is 5.06. The van der Waals surface area contributed by atoms with E-state index in [0.717, 1.165) is 25.4 Å². The molecule has 1 aliphatic rings. The van der Waals surface area contributed by atoms with Gasteiger partial charge in [-0.2, -0.15) is 12.6 Å². The van der Waals surface area contributed by atoms with Crippen molar-refractivity contribution in [3.63, 3.8) is 0 Å². The van der Waals surface area contributed by atoms with Gasteiger partial charge in [-0.1, -0.05) is 0 Å². The quantitative estimate of drug-likeness (QED) is 0.687. The molecule has 0 aliphatic carbocycles. The lowest BCUT2D eigenvalue weighted by Crippen LogP contribution is -2.57. The molecule has 13 heavy (non-hydrogen) atoms. The van der Waals surface area contributed by atoms with Crippen molar-refractivity contribution in [2.24, 2.45) is 0 Å². The predicted molar refractivity (Wildman–Crippen MR) is 59.5 cm³/mol. The van der Waals surface area contributed by atoms with E-state index in [1.54, 1.807) is 0 Å². The van der Waals surface area contributed by atoms with Crippen LogP contribution in [0.15, 0.2) is 0 Å². The molecule has 0 aromatic rings. The lowest BCUT2D eigenvalue weighted by atomic mass is 9.99. The molecule has 1 aliphatic heterocycles. The number of thiol groups is 1. The maximum atomic E-state index is 5.97. The minimum atomic E-state index is -0.0231. The standard InChI is InChI=1S/C10H21NOS/c1-9(2)7-11(5-6-13)8-10(3,4)12-9/h13H,5-8H2,1-4H3. The van der Waals surface area contributed by atoms with Crippen LogP contribution in [-0.2, 0) is 4.74 Å². The molecule has 0 aromatic heterocycles. The van der Waals surface area contributed by atoms with E-state index in [9.17, 15) is 0 Å². The summed E-state index contributed by atoms with van der Waals surface area (Å²) < 4.78 is 5.97. The zero-order chi connectivity index (χ0) is 10.1. The summed E-state index contributed by atoms with van der Waals surface area (Å²) in [7, 11) is 0. The zero-order valence-electron chi connectivity index (χ0n) is 9.13. The van der Waals surface area contributed by atoms with E-state index < -0.39 is 0 Å². The zero-order valence-corrected chi connectivity index (χ0v) is 10.0. The van der Waals surface area contributed by atoms with Crippen LogP contribution in [0.2, 0.25) is 0 Å². The second-order valence-corrected chi connectivity index (χ2v) is 5.50. The Balaban J connectivity index is 2.61. The van der Waals surface area contributed by atoms with Crippen LogP contribution in [0.5, 0.6) is 0 Å². The average Bonchev–Trinajstić information content (AvgIpc) is 1.78. The molecule has 3 heteroatoms. The summed E-state index contributed by atoms with van der Waals surface area (Å²) in [5, 5.41) is 0. The monoisotopic (exact) mass is 203 g/mol. The van der Waals surface area contributed by atoms with Crippen LogP contribution in [0.4, 0.5) is 0 Å². The highest BCUT2D eigenvalue weighted by molar-refractivity contribution is 7.80. The van der Waals surface area contributed by atoms with Gasteiger partial charge in [-0.05, 0) is 27.7 Å². The Morgan fingerprint density at radius 3 is 2.00 bits per heavy atom. The van der Waals surface area contributed by atoms with Gasteiger partial charge in [-0.3, -0.25) is 4.90 Å². The van der Waals surface area contributed by atoms with Crippen molar-refractivity contribution in [3.05, 3.63) is 0 Å². The Morgan fingerprint density at radius 2 is 1.62 bits per heavy atom. The van der Waals surface area contributed by atoms with Crippen LogP contribution in [0.1, 0.15) is 27.7 Å². The third-order valence-corrected chi connectivity index (χ3v) is 2.38. The molecule has 0 bridgehead atoms. The minimum Gasteiger partial charge on any atom is -0.367 e. The summed E-state index contributed by atoms with van der Waals surface area (Å²) >= 11 is 4.26. The fraction of sp³-hybridized carbons (Fsp3) is 1.00. The smallest absolute Gasteiger partial charge is 0.0760 e. The van der Waals surface area contributed by atoms with Crippen LogP contribution < -0.4 is 0 Å². The summed E-state index contributed by atoms with van der Waals surface area (Å²) in [5.74, 6) is 0.923. The van der Waals surface area contributed by atoms with Crippen LogP contribution in [-0.4, -0.2) is 41.5 Å². The van der Waals surface area contributed by atoms with Crippen LogP contribution in [0.3, 0.4) is 0 Å². The number of rotatable bonds is 2. The molecule has 0 atom stereocenters. The summed E-state index contributed by atoms with van der Waals surface area (Å²) in [6.45, 7) is 11.7. The van der Waals surface area contributed by atoms with E-state index in [2.05, 4.69) is 45.2 Å². The first-order chi connectivity index (χ1) is 5.85. The summed E-state index contributed by atoms with van der Waals surface area (Å²) in [6.07, 6.45) is 0. The average molecular weight is 203 g/mol. The molecule has 1 heterocycles. The Bertz CT molecular complexity index is 164. The maximum Gasteiger partial charge on any atom is 0.0760 e. The maximum absolute atomic E-state index is 5.97. The van der Waals surface area contributed by atoms with Gasteiger partial charge in [0.1, 0.15) is 0 Å². The van der Waals surface area contributed by atoms with Crippen LogP contribution in [0, 0.1) is 0 Å². The molecule has 78 valence electrons. The molecule has 0 radical (unpaired) electrons. The third kappa shape index (κ3) is 3.49. The van der Waals surface area contributed by atoms with Gasteiger partial charge >= 0.3 is 0 Å². The Labute approximate surface area is 87.0 Å². The van der Waals surface area contributed by atoms with Crippen molar-refractivity contribution in [2.45, 2.75) is 38.9 Å². The van der Waals surface area contributed by atoms with Gasteiger partial charge in [0.2, 0.25) is 0 Å². The molecule has 0 saturated carbocycles. The fourth-order valence-electron chi connectivity index (χ4n) is 2.24. The van der Waals surface area contributed by atoms with Gasteiger partial charge in [-0.25, -0.2) is 0 Å². The lowest BCUT2D eigenvalue weighted by molar-refractivity contribution is -0.179. The predicted octanol–water partition coefficient (Wildman–Crippen LogP) is 1.81. The highest BCUT2D eigenvalue weighted by Gasteiger charge is 2.37. The van der Waals surface area contributed by atoms with Crippen LogP contribution >= 0.6 is 12.6 Å². The number of nitrogens with zero attached hydrogens (tertiary/aromatic N) is 1. The van der Waals surface area contributed by atoms with Gasteiger partial charge in [0.15, 0.2) is 0 Å².